The number of rotatable bonds is 5. The smallest absolute Gasteiger partial charge is 0.190 e. The molecule has 1 N–H and O–H groups in total. The summed E-state index contributed by atoms with van der Waals surface area (Å²) in [4.78, 5) is 4.29. The van der Waals surface area contributed by atoms with Gasteiger partial charge in [0.1, 0.15) is 5.82 Å². The molecule has 0 spiro atoms. The highest BCUT2D eigenvalue weighted by Crippen LogP contribution is 2.27. The molecule has 5 heteroatoms. The van der Waals surface area contributed by atoms with Crippen molar-refractivity contribution in [1.29, 1.82) is 0 Å². The average Bonchev–Trinajstić information content (AvgIpc) is 2.78. The molecule has 0 aliphatic rings. The van der Waals surface area contributed by atoms with Gasteiger partial charge in [-0.15, -0.1) is 11.3 Å². The second kappa shape index (κ2) is 5.64. The first kappa shape index (κ1) is 12.6. The van der Waals surface area contributed by atoms with E-state index in [-0.39, 0.29) is 5.82 Å². The molecule has 1 heterocycles. The number of nitrogens with zero attached hydrogens (tertiary/aromatic N) is 1. The highest BCUT2D eigenvalue weighted by Gasteiger charge is 2.09. The van der Waals surface area contributed by atoms with E-state index in [4.69, 9.17) is 4.74 Å². The number of hydrogen-bond acceptors (Lipinski definition) is 4. The monoisotopic (exact) mass is 264 g/mol. The summed E-state index contributed by atoms with van der Waals surface area (Å²) < 4.78 is 18.7. The van der Waals surface area contributed by atoms with Gasteiger partial charge in [-0.05, 0) is 25.6 Å². The van der Waals surface area contributed by atoms with E-state index in [9.17, 15) is 4.39 Å². The zero-order chi connectivity index (χ0) is 13.0. The molecule has 1 aromatic carbocycles. The number of thiazole rings is 1. The van der Waals surface area contributed by atoms with Crippen molar-refractivity contribution in [1.82, 2.24) is 4.98 Å². The summed E-state index contributed by atoms with van der Waals surface area (Å²) in [6.07, 6.45) is 0. The van der Waals surface area contributed by atoms with Crippen LogP contribution >= 0.6 is 11.3 Å². The van der Waals surface area contributed by atoms with Gasteiger partial charge in [0.05, 0.1) is 12.3 Å². The highest BCUT2D eigenvalue weighted by molar-refractivity contribution is 7.14. The zero-order valence-corrected chi connectivity index (χ0v) is 10.8. The third-order valence-electron chi connectivity index (χ3n) is 2.22. The molecule has 1 aromatic heterocycles. The van der Waals surface area contributed by atoms with Crippen LogP contribution in [0, 0.1) is 5.82 Å². The van der Waals surface area contributed by atoms with E-state index in [1.54, 1.807) is 23.6 Å². The van der Waals surface area contributed by atoms with Gasteiger partial charge in [-0.25, -0.2) is 9.37 Å². The molecule has 94 valence electrons. The van der Waals surface area contributed by atoms with E-state index in [1.807, 2.05) is 6.92 Å². The fourth-order valence-electron chi connectivity index (χ4n) is 1.45. The van der Waals surface area contributed by atoms with E-state index >= 15 is 0 Å². The molecular weight excluding hydrogens is 251 g/mol. The van der Waals surface area contributed by atoms with Gasteiger partial charge in [-0.2, -0.15) is 0 Å². The number of anilines is 1. The minimum atomic E-state index is -0.280. The van der Waals surface area contributed by atoms with E-state index < -0.39 is 0 Å². The van der Waals surface area contributed by atoms with Crippen molar-refractivity contribution in [2.24, 2.45) is 0 Å². The summed E-state index contributed by atoms with van der Waals surface area (Å²) in [6.45, 7) is 6.11. The first-order valence-corrected chi connectivity index (χ1v) is 6.38. The highest BCUT2D eigenvalue weighted by atomic mass is 32.1. The third kappa shape index (κ3) is 2.87. The summed E-state index contributed by atoms with van der Waals surface area (Å²) in [5.41, 5.74) is 1.09. The van der Waals surface area contributed by atoms with Crippen LogP contribution in [0.1, 0.15) is 6.92 Å². The molecule has 0 radical (unpaired) electrons. The number of aromatic nitrogens is 1. The average molecular weight is 264 g/mol. The lowest BCUT2D eigenvalue weighted by Crippen LogP contribution is -2.01. The minimum Gasteiger partial charge on any atom is -0.480 e. The summed E-state index contributed by atoms with van der Waals surface area (Å²) in [7, 11) is 0. The molecule has 2 rings (SSSR count). The molecule has 18 heavy (non-hydrogen) atoms. The SMILES string of the molecule is C=C(Nc1nc(-c2ccccc2F)cs1)OCC. The van der Waals surface area contributed by atoms with Crippen LogP contribution in [0.25, 0.3) is 11.3 Å². The molecule has 0 saturated heterocycles. The zero-order valence-electron chi connectivity index (χ0n) is 9.94. The van der Waals surface area contributed by atoms with Crippen LogP contribution in [0.2, 0.25) is 0 Å². The largest absolute Gasteiger partial charge is 0.480 e. The van der Waals surface area contributed by atoms with Crippen molar-refractivity contribution in [3.8, 4) is 11.3 Å². The molecule has 0 amide bonds. The number of halogens is 1. The lowest BCUT2D eigenvalue weighted by atomic mass is 10.2. The Labute approximate surface area is 109 Å². The molecule has 3 nitrogen and oxygen atoms in total. The molecule has 0 aliphatic carbocycles. The van der Waals surface area contributed by atoms with E-state index in [0.717, 1.165) is 0 Å². The van der Waals surface area contributed by atoms with Crippen molar-refractivity contribution in [2.45, 2.75) is 6.92 Å². The molecule has 0 saturated carbocycles. The Balaban J connectivity index is 2.16. The van der Waals surface area contributed by atoms with Crippen LogP contribution in [-0.4, -0.2) is 11.6 Å². The number of hydrogen-bond donors (Lipinski definition) is 1. The van der Waals surface area contributed by atoms with Gasteiger partial charge in [0.2, 0.25) is 0 Å². The predicted octanol–water partition coefficient (Wildman–Crippen LogP) is 3.87. The van der Waals surface area contributed by atoms with Crippen molar-refractivity contribution in [2.75, 3.05) is 11.9 Å². The maximum absolute atomic E-state index is 13.6. The molecular formula is C13H13FN2OS. The fraction of sp³-hybridized carbons (Fsp3) is 0.154. The van der Waals surface area contributed by atoms with E-state index in [0.29, 0.717) is 28.9 Å². The predicted molar refractivity (Wildman–Crippen MR) is 71.9 cm³/mol. The maximum Gasteiger partial charge on any atom is 0.190 e. The standard InChI is InChI=1S/C13H13FN2OS/c1-3-17-9(2)15-13-16-12(8-18-13)10-6-4-5-7-11(10)14/h4-8H,2-3H2,1H3,(H,15,16). The third-order valence-corrected chi connectivity index (χ3v) is 2.98. The first-order chi connectivity index (χ1) is 8.70. The van der Waals surface area contributed by atoms with Crippen molar-refractivity contribution < 1.29 is 9.13 Å². The van der Waals surface area contributed by atoms with Crippen LogP contribution in [0.15, 0.2) is 42.1 Å². The Morgan fingerprint density at radius 2 is 2.28 bits per heavy atom. The molecule has 2 aromatic rings. The molecule has 0 aliphatic heterocycles. The van der Waals surface area contributed by atoms with Crippen LogP contribution in [0.4, 0.5) is 9.52 Å². The second-order valence-corrected chi connectivity index (χ2v) is 4.36. The molecule has 0 fully saturated rings. The quantitative estimate of drug-likeness (QED) is 0.832. The fourth-order valence-corrected chi connectivity index (χ4v) is 2.18. The van der Waals surface area contributed by atoms with Crippen LogP contribution in [0.5, 0.6) is 0 Å². The van der Waals surface area contributed by atoms with Crippen molar-refractivity contribution >= 4 is 16.5 Å². The Morgan fingerprint density at radius 3 is 3.00 bits per heavy atom. The Hall–Kier alpha value is -1.88. The molecule has 0 atom stereocenters. The Bertz CT molecular complexity index is 553. The van der Waals surface area contributed by atoms with Crippen LogP contribution in [-0.2, 0) is 4.74 Å². The van der Waals surface area contributed by atoms with Crippen molar-refractivity contribution in [3.05, 3.63) is 47.9 Å². The van der Waals surface area contributed by atoms with Gasteiger partial charge in [-0.1, -0.05) is 12.1 Å². The van der Waals surface area contributed by atoms with E-state index in [2.05, 4.69) is 16.9 Å². The van der Waals surface area contributed by atoms with Gasteiger partial charge in [0, 0.05) is 10.9 Å². The number of benzene rings is 1. The second-order valence-electron chi connectivity index (χ2n) is 3.50. The van der Waals surface area contributed by atoms with Crippen LogP contribution < -0.4 is 5.32 Å². The van der Waals surface area contributed by atoms with Gasteiger partial charge < -0.3 is 10.1 Å². The van der Waals surface area contributed by atoms with Gasteiger partial charge in [0.15, 0.2) is 11.0 Å². The Kier molecular flexibility index (Phi) is 3.94. The molecule has 0 bridgehead atoms. The summed E-state index contributed by atoms with van der Waals surface area (Å²) in [5.74, 6) is 0.157. The number of ether oxygens (including phenoxy) is 1. The van der Waals surface area contributed by atoms with Gasteiger partial charge in [-0.3, -0.25) is 0 Å². The Morgan fingerprint density at radius 1 is 1.50 bits per heavy atom. The maximum atomic E-state index is 13.6. The lowest BCUT2D eigenvalue weighted by Gasteiger charge is -2.06. The van der Waals surface area contributed by atoms with Gasteiger partial charge >= 0.3 is 0 Å². The lowest BCUT2D eigenvalue weighted by molar-refractivity contribution is 0.236. The van der Waals surface area contributed by atoms with Crippen LogP contribution in [0.3, 0.4) is 0 Å². The molecule has 0 unspecified atom stereocenters. The topological polar surface area (TPSA) is 34.2 Å². The first-order valence-electron chi connectivity index (χ1n) is 5.50. The summed E-state index contributed by atoms with van der Waals surface area (Å²) in [5, 5.41) is 5.34. The number of nitrogens with one attached hydrogen (secondary N) is 1. The van der Waals surface area contributed by atoms with Crippen molar-refractivity contribution in [3.63, 3.8) is 0 Å². The summed E-state index contributed by atoms with van der Waals surface area (Å²) >= 11 is 1.38. The minimum absolute atomic E-state index is 0.280. The normalized spacial score (nSPS) is 10.1. The van der Waals surface area contributed by atoms with E-state index in [1.165, 1.54) is 17.4 Å². The summed E-state index contributed by atoms with van der Waals surface area (Å²) in [6, 6.07) is 6.55. The van der Waals surface area contributed by atoms with Gasteiger partial charge in [0.25, 0.3) is 0 Å².